The fourth-order valence-electron chi connectivity index (χ4n) is 3.80. The first-order valence-corrected chi connectivity index (χ1v) is 12.3. The van der Waals surface area contributed by atoms with E-state index in [4.69, 9.17) is 0 Å². The Morgan fingerprint density at radius 1 is 1.12 bits per heavy atom. The van der Waals surface area contributed by atoms with Crippen molar-refractivity contribution in [2.75, 3.05) is 43.9 Å². The van der Waals surface area contributed by atoms with Gasteiger partial charge in [0.2, 0.25) is 5.91 Å². The highest BCUT2D eigenvalue weighted by Crippen LogP contribution is 2.24. The molecule has 9 heteroatoms. The summed E-state index contributed by atoms with van der Waals surface area (Å²) in [4.78, 5) is 21.6. The molecule has 4 rings (SSSR count). The molecule has 1 aliphatic rings. The Kier molecular flexibility index (Phi) is 7.61. The molecule has 8 nitrogen and oxygen atoms in total. The third-order valence-electron chi connectivity index (χ3n) is 5.77. The summed E-state index contributed by atoms with van der Waals surface area (Å²) in [6.07, 6.45) is 1.85. The van der Waals surface area contributed by atoms with Crippen LogP contribution < -0.4 is 10.2 Å². The van der Waals surface area contributed by atoms with Crippen molar-refractivity contribution in [2.24, 2.45) is 0 Å². The van der Waals surface area contributed by atoms with Gasteiger partial charge in [0.25, 0.3) is 0 Å². The minimum atomic E-state index is -0.0362. The molecule has 0 bridgehead atoms. The Labute approximate surface area is 199 Å². The Balaban J connectivity index is 1.28. The van der Waals surface area contributed by atoms with Crippen molar-refractivity contribution < 1.29 is 4.79 Å². The molecular weight excluding hydrogens is 434 g/mol. The van der Waals surface area contributed by atoms with Crippen LogP contribution in [0.25, 0.3) is 11.4 Å². The highest BCUT2D eigenvalue weighted by Gasteiger charge is 2.16. The lowest BCUT2D eigenvalue weighted by molar-refractivity contribution is -0.118. The molecule has 1 N–H and O–H groups in total. The lowest BCUT2D eigenvalue weighted by Crippen LogP contribution is -2.44. The molecule has 3 aromatic rings. The molecule has 1 saturated heterocycles. The number of rotatable bonds is 8. The highest BCUT2D eigenvalue weighted by atomic mass is 32.2. The van der Waals surface area contributed by atoms with Gasteiger partial charge in [-0.25, -0.2) is 4.98 Å². The van der Waals surface area contributed by atoms with E-state index < -0.39 is 0 Å². The molecule has 0 radical (unpaired) electrons. The number of benzene rings is 1. The number of pyridine rings is 1. The number of aromatic nitrogens is 4. The molecule has 0 saturated carbocycles. The van der Waals surface area contributed by atoms with E-state index >= 15 is 0 Å². The zero-order valence-corrected chi connectivity index (χ0v) is 20.3. The molecule has 1 aromatic carbocycles. The molecule has 3 heterocycles. The van der Waals surface area contributed by atoms with E-state index in [-0.39, 0.29) is 5.91 Å². The van der Waals surface area contributed by atoms with Crippen LogP contribution in [0.5, 0.6) is 0 Å². The number of likely N-dealkylation sites (N-methyl/N-ethyl adjacent to an activating group) is 1. The Morgan fingerprint density at radius 2 is 1.94 bits per heavy atom. The second kappa shape index (κ2) is 10.8. The number of nitrogens with zero attached hydrogens (tertiary/aromatic N) is 6. The van der Waals surface area contributed by atoms with Crippen LogP contribution in [0.15, 0.2) is 47.8 Å². The minimum absolute atomic E-state index is 0.0362. The number of nitrogens with one attached hydrogen (secondary N) is 1. The van der Waals surface area contributed by atoms with E-state index in [1.54, 1.807) is 0 Å². The third-order valence-corrected chi connectivity index (χ3v) is 6.73. The van der Waals surface area contributed by atoms with Gasteiger partial charge >= 0.3 is 0 Å². The van der Waals surface area contributed by atoms with Gasteiger partial charge < -0.3 is 19.7 Å². The number of carbonyl (C=O) groups is 1. The second-order valence-corrected chi connectivity index (χ2v) is 9.24. The van der Waals surface area contributed by atoms with Crippen molar-refractivity contribution in [1.29, 1.82) is 0 Å². The number of hydrogen-bond donors (Lipinski definition) is 1. The number of piperazine rings is 1. The van der Waals surface area contributed by atoms with Crippen molar-refractivity contribution >= 4 is 23.5 Å². The maximum absolute atomic E-state index is 12.4. The van der Waals surface area contributed by atoms with Crippen molar-refractivity contribution in [1.82, 2.24) is 30.0 Å². The molecule has 0 atom stereocenters. The number of aryl methyl sites for hydroxylation is 1. The molecule has 0 spiro atoms. The predicted molar refractivity (Wildman–Crippen MR) is 132 cm³/mol. The SMILES string of the molecule is CCn1c(SCC(=O)NCc2ccc(N3CCN(C)CC3)nc2)nnc1-c1cccc(C)c1. The average molecular weight is 466 g/mol. The van der Waals surface area contributed by atoms with E-state index in [1.165, 1.54) is 17.3 Å². The lowest BCUT2D eigenvalue weighted by Gasteiger charge is -2.33. The van der Waals surface area contributed by atoms with E-state index in [1.807, 2.05) is 35.0 Å². The van der Waals surface area contributed by atoms with Crippen LogP contribution in [0.3, 0.4) is 0 Å². The molecule has 1 fully saturated rings. The standard InChI is InChI=1S/C24H31N7OS/c1-4-31-23(20-7-5-6-18(2)14-20)27-28-24(31)33-17-22(32)26-16-19-8-9-21(25-15-19)30-12-10-29(3)11-13-30/h5-9,14-15H,4,10-13,16-17H2,1-3H3,(H,26,32). The molecule has 0 aliphatic carbocycles. The van der Waals surface area contributed by atoms with Crippen LogP contribution in [0.1, 0.15) is 18.1 Å². The monoisotopic (exact) mass is 465 g/mol. The van der Waals surface area contributed by atoms with E-state index in [2.05, 4.69) is 63.3 Å². The number of anilines is 1. The first-order chi connectivity index (χ1) is 16.0. The number of carbonyl (C=O) groups excluding carboxylic acids is 1. The van der Waals surface area contributed by atoms with Crippen LogP contribution in [0.2, 0.25) is 0 Å². The maximum atomic E-state index is 12.4. The maximum Gasteiger partial charge on any atom is 0.230 e. The smallest absolute Gasteiger partial charge is 0.230 e. The topological polar surface area (TPSA) is 79.2 Å². The largest absolute Gasteiger partial charge is 0.354 e. The minimum Gasteiger partial charge on any atom is -0.354 e. The Hall–Kier alpha value is -2.91. The van der Waals surface area contributed by atoms with Crippen molar-refractivity contribution in [3.8, 4) is 11.4 Å². The van der Waals surface area contributed by atoms with Gasteiger partial charge in [0.05, 0.1) is 5.75 Å². The van der Waals surface area contributed by atoms with Gasteiger partial charge in [-0.1, -0.05) is 41.6 Å². The fourth-order valence-corrected chi connectivity index (χ4v) is 4.64. The van der Waals surface area contributed by atoms with Crippen molar-refractivity contribution in [2.45, 2.75) is 32.1 Å². The van der Waals surface area contributed by atoms with Crippen LogP contribution >= 0.6 is 11.8 Å². The first kappa shape index (κ1) is 23.3. The Morgan fingerprint density at radius 3 is 2.64 bits per heavy atom. The molecule has 0 unspecified atom stereocenters. The van der Waals surface area contributed by atoms with E-state index in [9.17, 15) is 4.79 Å². The van der Waals surface area contributed by atoms with Crippen LogP contribution in [-0.2, 0) is 17.9 Å². The number of thioether (sulfide) groups is 1. The lowest BCUT2D eigenvalue weighted by atomic mass is 10.1. The van der Waals surface area contributed by atoms with E-state index in [0.717, 1.165) is 60.6 Å². The molecule has 174 valence electrons. The number of hydrogen-bond acceptors (Lipinski definition) is 7. The summed E-state index contributed by atoms with van der Waals surface area (Å²) in [6.45, 7) is 9.41. The van der Waals surface area contributed by atoms with Gasteiger partial charge in [-0.3, -0.25) is 4.79 Å². The van der Waals surface area contributed by atoms with Crippen molar-refractivity contribution in [3.05, 3.63) is 53.7 Å². The van der Waals surface area contributed by atoms with Crippen LogP contribution in [0, 0.1) is 6.92 Å². The summed E-state index contributed by atoms with van der Waals surface area (Å²) in [5, 5.41) is 12.4. The second-order valence-electron chi connectivity index (χ2n) is 8.30. The summed E-state index contributed by atoms with van der Waals surface area (Å²) < 4.78 is 2.05. The summed E-state index contributed by atoms with van der Waals surface area (Å²) >= 11 is 1.41. The van der Waals surface area contributed by atoms with Gasteiger partial charge in [-0.05, 0) is 38.6 Å². The van der Waals surface area contributed by atoms with Crippen LogP contribution in [0.4, 0.5) is 5.82 Å². The third kappa shape index (κ3) is 5.91. The zero-order valence-electron chi connectivity index (χ0n) is 19.5. The van der Waals surface area contributed by atoms with E-state index in [0.29, 0.717) is 12.3 Å². The number of amides is 1. The normalized spacial score (nSPS) is 14.5. The quantitative estimate of drug-likeness (QED) is 0.513. The summed E-state index contributed by atoms with van der Waals surface area (Å²) in [5.41, 5.74) is 3.20. The highest BCUT2D eigenvalue weighted by molar-refractivity contribution is 7.99. The van der Waals surface area contributed by atoms with Gasteiger partial charge in [0, 0.05) is 51.0 Å². The summed E-state index contributed by atoms with van der Waals surface area (Å²) in [7, 11) is 2.14. The van der Waals surface area contributed by atoms with Gasteiger partial charge in [0.15, 0.2) is 11.0 Å². The molecule has 1 aliphatic heterocycles. The van der Waals surface area contributed by atoms with Gasteiger partial charge in [-0.15, -0.1) is 10.2 Å². The molecule has 2 aromatic heterocycles. The fraction of sp³-hybridized carbons (Fsp3) is 0.417. The summed E-state index contributed by atoms with van der Waals surface area (Å²) in [6, 6.07) is 12.3. The molecule has 1 amide bonds. The molecule has 33 heavy (non-hydrogen) atoms. The zero-order chi connectivity index (χ0) is 23.2. The van der Waals surface area contributed by atoms with Crippen molar-refractivity contribution in [3.63, 3.8) is 0 Å². The predicted octanol–water partition coefficient (Wildman–Crippen LogP) is 2.83. The first-order valence-electron chi connectivity index (χ1n) is 11.3. The Bertz CT molecular complexity index is 1070. The average Bonchev–Trinajstić information content (AvgIpc) is 3.25. The van der Waals surface area contributed by atoms with Gasteiger partial charge in [0.1, 0.15) is 5.82 Å². The van der Waals surface area contributed by atoms with Crippen LogP contribution in [-0.4, -0.2) is 69.5 Å². The van der Waals surface area contributed by atoms with Gasteiger partial charge in [-0.2, -0.15) is 0 Å². The summed E-state index contributed by atoms with van der Waals surface area (Å²) in [5.74, 6) is 2.08. The molecular formula is C24H31N7OS.